The first-order valence-corrected chi connectivity index (χ1v) is 8.14. The Kier molecular flexibility index (Phi) is 6.36. The lowest BCUT2D eigenvalue weighted by atomic mass is 9.72. The van der Waals surface area contributed by atoms with E-state index in [0.717, 1.165) is 11.3 Å². The van der Waals surface area contributed by atoms with Crippen LogP contribution in [0.2, 0.25) is 0 Å². The first kappa shape index (κ1) is 18.9. The fourth-order valence-electron chi connectivity index (χ4n) is 2.89. The molecule has 1 aromatic rings. The molecule has 4 heteroatoms. The predicted molar refractivity (Wildman–Crippen MR) is 93.2 cm³/mol. The van der Waals surface area contributed by atoms with Gasteiger partial charge in [0, 0.05) is 11.3 Å². The summed E-state index contributed by atoms with van der Waals surface area (Å²) in [6, 6.07) is 6.07. The third kappa shape index (κ3) is 6.30. The quantitative estimate of drug-likeness (QED) is 0.552. The predicted octanol–water partition coefficient (Wildman–Crippen LogP) is 4.93. The number of thiol groups is 1. The third-order valence-corrected chi connectivity index (χ3v) is 3.85. The van der Waals surface area contributed by atoms with Gasteiger partial charge < -0.3 is 9.84 Å². The molecule has 0 atom stereocenters. The third-order valence-electron chi connectivity index (χ3n) is 3.51. The molecule has 22 heavy (non-hydrogen) atoms. The fourth-order valence-corrected chi connectivity index (χ4v) is 3.17. The molecule has 0 spiro atoms. The van der Waals surface area contributed by atoms with Gasteiger partial charge in [0.05, 0.1) is 6.61 Å². The topological polar surface area (TPSA) is 46.5 Å². The Morgan fingerprint density at radius 1 is 1.23 bits per heavy atom. The molecule has 0 bridgehead atoms. The summed E-state index contributed by atoms with van der Waals surface area (Å²) < 4.78 is 5.62. The average Bonchev–Trinajstić information content (AvgIpc) is 2.32. The van der Waals surface area contributed by atoms with Crippen LogP contribution in [-0.4, -0.2) is 17.7 Å². The van der Waals surface area contributed by atoms with Crippen LogP contribution < -0.4 is 4.74 Å². The molecule has 0 fully saturated rings. The van der Waals surface area contributed by atoms with E-state index in [9.17, 15) is 4.79 Å². The summed E-state index contributed by atoms with van der Waals surface area (Å²) in [6.07, 6.45) is 1.70. The van der Waals surface area contributed by atoms with Crippen LogP contribution in [0, 0.1) is 5.41 Å². The molecule has 0 aliphatic rings. The molecule has 0 unspecified atom stereocenters. The Balaban J connectivity index is 2.74. The molecular formula is C18H28O3S. The molecule has 0 amide bonds. The van der Waals surface area contributed by atoms with E-state index >= 15 is 0 Å². The molecule has 1 aromatic carbocycles. The van der Waals surface area contributed by atoms with Crippen molar-refractivity contribution in [3.05, 3.63) is 23.8 Å². The normalized spacial score (nSPS) is 12.3. The van der Waals surface area contributed by atoms with E-state index in [1.165, 1.54) is 5.56 Å². The van der Waals surface area contributed by atoms with Gasteiger partial charge in [-0.3, -0.25) is 4.79 Å². The smallest absolute Gasteiger partial charge is 0.303 e. The van der Waals surface area contributed by atoms with Gasteiger partial charge in [0.2, 0.25) is 0 Å². The lowest BCUT2D eigenvalue weighted by molar-refractivity contribution is -0.137. The fraction of sp³-hybridized carbons (Fsp3) is 0.611. The zero-order valence-electron chi connectivity index (χ0n) is 14.3. The average molecular weight is 324 g/mol. The zero-order chi connectivity index (χ0) is 17.0. The maximum atomic E-state index is 10.5. The largest absolute Gasteiger partial charge is 0.492 e. The summed E-state index contributed by atoms with van der Waals surface area (Å²) in [5, 5.41) is 8.61. The molecule has 0 saturated heterocycles. The van der Waals surface area contributed by atoms with Gasteiger partial charge in [-0.2, -0.15) is 0 Å². The maximum absolute atomic E-state index is 10.5. The van der Waals surface area contributed by atoms with E-state index in [2.05, 4.69) is 59.4 Å². The van der Waals surface area contributed by atoms with Gasteiger partial charge in [-0.05, 0) is 41.4 Å². The molecule has 0 aliphatic carbocycles. The first-order valence-electron chi connectivity index (χ1n) is 7.69. The van der Waals surface area contributed by atoms with Gasteiger partial charge in [0.1, 0.15) is 5.75 Å². The highest BCUT2D eigenvalue weighted by Crippen LogP contribution is 2.38. The second-order valence-electron chi connectivity index (χ2n) is 7.65. The number of hydrogen-bond acceptors (Lipinski definition) is 3. The number of carboxylic acid groups (broad SMARTS) is 1. The molecule has 0 aromatic heterocycles. The summed E-state index contributed by atoms with van der Waals surface area (Å²) in [7, 11) is 0. The maximum Gasteiger partial charge on any atom is 0.303 e. The summed E-state index contributed by atoms with van der Waals surface area (Å²) in [4.78, 5) is 11.3. The number of hydrogen-bond donors (Lipinski definition) is 2. The Hall–Kier alpha value is -1.16. The SMILES string of the molecule is CC(C)(C)CC(C)(C)c1ccc(OCCCC(=O)O)c(S)c1. The van der Waals surface area contributed by atoms with Crippen molar-refractivity contribution in [1.82, 2.24) is 0 Å². The van der Waals surface area contributed by atoms with E-state index in [1.807, 2.05) is 6.07 Å². The van der Waals surface area contributed by atoms with E-state index in [4.69, 9.17) is 9.84 Å². The highest BCUT2D eigenvalue weighted by atomic mass is 32.1. The lowest BCUT2D eigenvalue weighted by Crippen LogP contribution is -2.24. The number of rotatable bonds is 7. The second kappa shape index (κ2) is 7.40. The molecular weight excluding hydrogens is 296 g/mol. The van der Waals surface area contributed by atoms with Crippen LogP contribution in [0.5, 0.6) is 5.75 Å². The van der Waals surface area contributed by atoms with Crippen LogP contribution in [0.15, 0.2) is 23.1 Å². The van der Waals surface area contributed by atoms with Gasteiger partial charge in [-0.15, -0.1) is 12.6 Å². The molecule has 0 saturated carbocycles. The van der Waals surface area contributed by atoms with Crippen molar-refractivity contribution in [3.8, 4) is 5.75 Å². The molecule has 0 heterocycles. The first-order chi connectivity index (χ1) is 10.0. The number of aliphatic carboxylic acids is 1. The van der Waals surface area contributed by atoms with Crippen molar-refractivity contribution >= 4 is 18.6 Å². The van der Waals surface area contributed by atoms with Crippen molar-refractivity contribution in [2.75, 3.05) is 6.61 Å². The van der Waals surface area contributed by atoms with E-state index in [-0.39, 0.29) is 17.3 Å². The highest BCUT2D eigenvalue weighted by molar-refractivity contribution is 7.80. The molecule has 0 radical (unpaired) electrons. The van der Waals surface area contributed by atoms with Gasteiger partial charge in [0.25, 0.3) is 0 Å². The van der Waals surface area contributed by atoms with E-state index in [0.29, 0.717) is 18.8 Å². The number of carbonyl (C=O) groups is 1. The van der Waals surface area contributed by atoms with Crippen LogP contribution in [-0.2, 0) is 10.2 Å². The number of carboxylic acids is 1. The van der Waals surface area contributed by atoms with Gasteiger partial charge in [0.15, 0.2) is 0 Å². The van der Waals surface area contributed by atoms with Crippen LogP contribution in [0.1, 0.15) is 59.4 Å². The molecule has 0 aliphatic heterocycles. The Morgan fingerprint density at radius 3 is 2.36 bits per heavy atom. The number of ether oxygens (including phenoxy) is 1. The van der Waals surface area contributed by atoms with Crippen molar-refractivity contribution < 1.29 is 14.6 Å². The van der Waals surface area contributed by atoms with Crippen molar-refractivity contribution in [2.24, 2.45) is 5.41 Å². The molecule has 124 valence electrons. The molecule has 1 rings (SSSR count). The minimum Gasteiger partial charge on any atom is -0.492 e. The van der Waals surface area contributed by atoms with Crippen LogP contribution in [0.4, 0.5) is 0 Å². The van der Waals surface area contributed by atoms with Gasteiger partial charge in [-0.1, -0.05) is 40.7 Å². The van der Waals surface area contributed by atoms with E-state index in [1.54, 1.807) is 0 Å². The van der Waals surface area contributed by atoms with Gasteiger partial charge in [-0.25, -0.2) is 0 Å². The minimum atomic E-state index is -0.797. The van der Waals surface area contributed by atoms with Crippen molar-refractivity contribution in [2.45, 2.75) is 64.2 Å². The van der Waals surface area contributed by atoms with Gasteiger partial charge >= 0.3 is 5.97 Å². The van der Waals surface area contributed by atoms with Crippen molar-refractivity contribution in [1.29, 1.82) is 0 Å². The lowest BCUT2D eigenvalue weighted by Gasteiger charge is -2.33. The summed E-state index contributed by atoms with van der Waals surface area (Å²) in [5.41, 5.74) is 1.56. The monoisotopic (exact) mass is 324 g/mol. The Morgan fingerprint density at radius 2 is 1.86 bits per heavy atom. The summed E-state index contributed by atoms with van der Waals surface area (Å²) in [6.45, 7) is 11.6. The minimum absolute atomic E-state index is 0.0670. The van der Waals surface area contributed by atoms with Crippen molar-refractivity contribution in [3.63, 3.8) is 0 Å². The van der Waals surface area contributed by atoms with Crippen LogP contribution in [0.3, 0.4) is 0 Å². The Bertz CT molecular complexity index is 516. The zero-order valence-corrected chi connectivity index (χ0v) is 15.2. The molecule has 1 N–H and O–H groups in total. The summed E-state index contributed by atoms with van der Waals surface area (Å²) >= 11 is 4.51. The molecule has 3 nitrogen and oxygen atoms in total. The van der Waals surface area contributed by atoms with Crippen LogP contribution in [0.25, 0.3) is 0 Å². The standard InChI is InChI=1S/C18H28O3S/c1-17(2,3)12-18(4,5)13-8-9-14(15(22)11-13)21-10-6-7-16(19)20/h8-9,11,22H,6-7,10,12H2,1-5H3,(H,19,20). The highest BCUT2D eigenvalue weighted by Gasteiger charge is 2.27. The second-order valence-corrected chi connectivity index (χ2v) is 8.13. The number of benzene rings is 1. The van der Waals surface area contributed by atoms with Crippen LogP contribution >= 0.6 is 12.6 Å². The Labute approximate surface area is 139 Å². The summed E-state index contributed by atoms with van der Waals surface area (Å²) in [5.74, 6) is -0.0852. The van der Waals surface area contributed by atoms with E-state index < -0.39 is 5.97 Å².